The summed E-state index contributed by atoms with van der Waals surface area (Å²) < 4.78 is 7.34. The molecular weight excluding hydrogens is 314 g/mol. The van der Waals surface area contributed by atoms with Crippen LogP contribution in [-0.2, 0) is 22.5 Å². The predicted molar refractivity (Wildman–Crippen MR) is 96.9 cm³/mol. The molecule has 3 rings (SSSR count). The lowest BCUT2D eigenvalue weighted by Crippen LogP contribution is -2.18. The van der Waals surface area contributed by atoms with Gasteiger partial charge in [0.15, 0.2) is 0 Å². The summed E-state index contributed by atoms with van der Waals surface area (Å²) in [6.07, 6.45) is 2.45. The number of esters is 1. The predicted octanol–water partition coefficient (Wildman–Crippen LogP) is 4.11. The van der Waals surface area contributed by atoms with Gasteiger partial charge in [-0.2, -0.15) is 0 Å². The highest BCUT2D eigenvalue weighted by Crippen LogP contribution is 2.33. The normalized spacial score (nSPS) is 16.1. The van der Waals surface area contributed by atoms with Crippen LogP contribution < -0.4 is 0 Å². The SMILES string of the molecule is CCCc1ccccc1C(=O)c1ccc2n1CCC2C(=O)OC(C)C. The van der Waals surface area contributed by atoms with Crippen LogP contribution >= 0.6 is 0 Å². The highest BCUT2D eigenvalue weighted by molar-refractivity contribution is 6.09. The molecule has 2 aromatic rings. The van der Waals surface area contributed by atoms with Crippen molar-refractivity contribution in [1.82, 2.24) is 4.57 Å². The number of benzene rings is 1. The van der Waals surface area contributed by atoms with Crippen molar-refractivity contribution in [3.05, 3.63) is 58.9 Å². The van der Waals surface area contributed by atoms with Crippen LogP contribution in [0.1, 0.15) is 66.8 Å². The minimum Gasteiger partial charge on any atom is -0.462 e. The van der Waals surface area contributed by atoms with Crippen LogP contribution in [0.25, 0.3) is 0 Å². The van der Waals surface area contributed by atoms with E-state index in [1.165, 1.54) is 0 Å². The second-order valence-electron chi connectivity index (χ2n) is 6.86. The number of hydrogen-bond acceptors (Lipinski definition) is 3. The minimum absolute atomic E-state index is 0.0353. The summed E-state index contributed by atoms with van der Waals surface area (Å²) in [6.45, 7) is 6.50. The Hall–Kier alpha value is -2.36. The Morgan fingerprint density at radius 3 is 2.68 bits per heavy atom. The van der Waals surface area contributed by atoms with Gasteiger partial charge in [-0.25, -0.2) is 0 Å². The van der Waals surface area contributed by atoms with Crippen LogP contribution in [0.4, 0.5) is 0 Å². The third-order valence-electron chi connectivity index (χ3n) is 4.66. The fourth-order valence-corrected chi connectivity index (χ4v) is 3.56. The molecule has 0 amide bonds. The van der Waals surface area contributed by atoms with Crippen LogP contribution in [0.15, 0.2) is 36.4 Å². The monoisotopic (exact) mass is 339 g/mol. The number of fused-ring (bicyclic) bond motifs is 1. The van der Waals surface area contributed by atoms with Crippen LogP contribution in [0.2, 0.25) is 0 Å². The van der Waals surface area contributed by atoms with Crippen molar-refractivity contribution in [3.63, 3.8) is 0 Å². The van der Waals surface area contributed by atoms with E-state index in [0.717, 1.165) is 29.7 Å². The van der Waals surface area contributed by atoms with Crippen LogP contribution in [-0.4, -0.2) is 22.4 Å². The third kappa shape index (κ3) is 3.39. The quantitative estimate of drug-likeness (QED) is 0.588. The lowest BCUT2D eigenvalue weighted by atomic mass is 9.98. The Kier molecular flexibility index (Phi) is 5.07. The first-order chi connectivity index (χ1) is 12.0. The van der Waals surface area contributed by atoms with Crippen molar-refractivity contribution in [2.75, 3.05) is 0 Å². The first-order valence-electron chi connectivity index (χ1n) is 9.05. The van der Waals surface area contributed by atoms with E-state index in [-0.39, 0.29) is 23.8 Å². The molecule has 1 aromatic carbocycles. The first-order valence-corrected chi connectivity index (χ1v) is 9.05. The Labute approximate surface area is 148 Å². The maximum Gasteiger partial charge on any atom is 0.315 e. The maximum absolute atomic E-state index is 13.1. The molecule has 0 saturated heterocycles. The van der Waals surface area contributed by atoms with Gasteiger partial charge in [0.05, 0.1) is 17.7 Å². The number of nitrogens with zero attached hydrogens (tertiary/aromatic N) is 1. The molecule has 2 heterocycles. The van der Waals surface area contributed by atoms with Gasteiger partial charge in [0, 0.05) is 17.8 Å². The van der Waals surface area contributed by atoms with Gasteiger partial charge in [-0.3, -0.25) is 9.59 Å². The highest BCUT2D eigenvalue weighted by atomic mass is 16.5. The third-order valence-corrected chi connectivity index (χ3v) is 4.66. The second-order valence-corrected chi connectivity index (χ2v) is 6.86. The largest absolute Gasteiger partial charge is 0.462 e. The lowest BCUT2D eigenvalue weighted by molar-refractivity contribution is -0.149. The molecule has 1 aromatic heterocycles. The smallest absolute Gasteiger partial charge is 0.315 e. The van der Waals surface area contributed by atoms with E-state index in [1.54, 1.807) is 0 Å². The molecule has 0 bridgehead atoms. The number of rotatable bonds is 6. The number of aryl methyl sites for hydroxylation is 1. The number of carbonyl (C=O) groups is 2. The van der Waals surface area contributed by atoms with E-state index in [2.05, 4.69) is 6.92 Å². The summed E-state index contributed by atoms with van der Waals surface area (Å²) in [7, 11) is 0. The lowest BCUT2D eigenvalue weighted by Gasteiger charge is -2.12. The molecule has 0 saturated carbocycles. The number of carbonyl (C=O) groups excluding carboxylic acids is 2. The number of ether oxygens (including phenoxy) is 1. The molecule has 1 aliphatic heterocycles. The van der Waals surface area contributed by atoms with Crippen LogP contribution in [0.5, 0.6) is 0 Å². The van der Waals surface area contributed by atoms with Crippen molar-refractivity contribution in [1.29, 1.82) is 0 Å². The summed E-state index contributed by atoms with van der Waals surface area (Å²) in [6, 6.07) is 11.5. The fourth-order valence-electron chi connectivity index (χ4n) is 3.56. The first kappa shape index (κ1) is 17.5. The summed E-state index contributed by atoms with van der Waals surface area (Å²) >= 11 is 0. The summed E-state index contributed by atoms with van der Waals surface area (Å²) in [4.78, 5) is 25.4. The summed E-state index contributed by atoms with van der Waals surface area (Å²) in [5, 5.41) is 0. The van der Waals surface area contributed by atoms with Gasteiger partial charge in [-0.15, -0.1) is 0 Å². The van der Waals surface area contributed by atoms with Gasteiger partial charge in [0.1, 0.15) is 0 Å². The van der Waals surface area contributed by atoms with E-state index < -0.39 is 0 Å². The van der Waals surface area contributed by atoms with Gasteiger partial charge in [0.25, 0.3) is 0 Å². The van der Waals surface area contributed by atoms with E-state index in [1.807, 2.05) is 54.8 Å². The molecule has 1 aliphatic rings. The average molecular weight is 339 g/mol. The average Bonchev–Trinajstić information content (AvgIpc) is 3.16. The van der Waals surface area contributed by atoms with Gasteiger partial charge >= 0.3 is 5.97 Å². The Morgan fingerprint density at radius 1 is 1.20 bits per heavy atom. The zero-order valence-electron chi connectivity index (χ0n) is 15.1. The van der Waals surface area contributed by atoms with Crippen molar-refractivity contribution < 1.29 is 14.3 Å². The Bertz CT molecular complexity index is 788. The molecule has 4 nitrogen and oxygen atoms in total. The molecule has 0 spiro atoms. The van der Waals surface area contributed by atoms with E-state index >= 15 is 0 Å². The molecule has 1 atom stereocenters. The molecule has 4 heteroatoms. The van der Waals surface area contributed by atoms with Crippen molar-refractivity contribution in [3.8, 4) is 0 Å². The van der Waals surface area contributed by atoms with Crippen LogP contribution in [0, 0.1) is 0 Å². The molecule has 0 fully saturated rings. The Morgan fingerprint density at radius 2 is 1.96 bits per heavy atom. The minimum atomic E-state index is -0.269. The summed E-state index contributed by atoms with van der Waals surface area (Å²) in [5.41, 5.74) is 3.40. The van der Waals surface area contributed by atoms with Crippen molar-refractivity contribution in [2.45, 2.75) is 58.6 Å². The maximum atomic E-state index is 13.1. The zero-order valence-corrected chi connectivity index (χ0v) is 15.1. The second kappa shape index (κ2) is 7.26. The topological polar surface area (TPSA) is 48.3 Å². The van der Waals surface area contributed by atoms with Gasteiger partial charge in [-0.1, -0.05) is 37.6 Å². The zero-order chi connectivity index (χ0) is 18.0. The van der Waals surface area contributed by atoms with Gasteiger partial charge in [-0.05, 0) is 44.4 Å². The Balaban J connectivity index is 1.89. The van der Waals surface area contributed by atoms with Gasteiger partial charge < -0.3 is 9.30 Å². The molecular formula is C21H25NO3. The van der Waals surface area contributed by atoms with Gasteiger partial charge in [0.2, 0.25) is 5.78 Å². The number of hydrogen-bond donors (Lipinski definition) is 0. The molecule has 1 unspecified atom stereocenters. The summed E-state index contributed by atoms with van der Waals surface area (Å²) in [5.74, 6) is -0.430. The molecule has 0 aliphatic carbocycles. The highest BCUT2D eigenvalue weighted by Gasteiger charge is 2.33. The fraction of sp³-hybridized carbons (Fsp3) is 0.429. The van der Waals surface area contributed by atoms with Crippen LogP contribution in [0.3, 0.4) is 0 Å². The van der Waals surface area contributed by atoms with E-state index in [4.69, 9.17) is 4.74 Å². The van der Waals surface area contributed by atoms with E-state index in [9.17, 15) is 9.59 Å². The number of aromatic nitrogens is 1. The van der Waals surface area contributed by atoms with Crippen molar-refractivity contribution in [2.24, 2.45) is 0 Å². The van der Waals surface area contributed by atoms with E-state index in [0.29, 0.717) is 18.7 Å². The molecule has 0 radical (unpaired) electrons. The number of ketones is 1. The molecule has 0 N–H and O–H groups in total. The molecule has 25 heavy (non-hydrogen) atoms. The van der Waals surface area contributed by atoms with Crippen molar-refractivity contribution >= 4 is 11.8 Å². The standard InChI is InChI=1S/C21H25NO3/c1-4-7-15-8-5-6-9-16(15)20(23)19-11-10-18-17(12-13-22(18)19)21(24)25-14(2)3/h5-6,8-11,14,17H,4,7,12-13H2,1-3H3. The molecule has 132 valence electrons.